The maximum Gasteiger partial charge on any atom is 0.123 e. The molecule has 0 saturated carbocycles. The maximum absolute atomic E-state index is 12.8. The first-order valence-corrected chi connectivity index (χ1v) is 5.59. The van der Waals surface area contributed by atoms with E-state index in [4.69, 9.17) is 0 Å². The van der Waals surface area contributed by atoms with Gasteiger partial charge >= 0.3 is 0 Å². The summed E-state index contributed by atoms with van der Waals surface area (Å²) < 4.78 is 12.8. The van der Waals surface area contributed by atoms with Crippen molar-refractivity contribution in [1.82, 2.24) is 4.98 Å². The van der Waals surface area contributed by atoms with Crippen molar-refractivity contribution in [3.63, 3.8) is 0 Å². The lowest BCUT2D eigenvalue weighted by molar-refractivity contribution is 0.626. The molecule has 2 nitrogen and oxygen atoms in total. The smallest absolute Gasteiger partial charge is 0.123 e. The van der Waals surface area contributed by atoms with Crippen molar-refractivity contribution >= 4 is 5.69 Å². The molecule has 0 bridgehead atoms. The van der Waals surface area contributed by atoms with Crippen LogP contribution in [-0.2, 0) is 0 Å². The van der Waals surface area contributed by atoms with Gasteiger partial charge in [-0.1, -0.05) is 12.1 Å². The number of anilines is 1. The number of hydrogen-bond acceptors (Lipinski definition) is 2. The van der Waals surface area contributed by atoms with Crippen LogP contribution in [-0.4, -0.2) is 4.98 Å². The van der Waals surface area contributed by atoms with Crippen molar-refractivity contribution in [1.29, 1.82) is 0 Å². The van der Waals surface area contributed by atoms with E-state index in [9.17, 15) is 4.39 Å². The molecule has 0 aliphatic carbocycles. The molecule has 0 aliphatic heterocycles. The van der Waals surface area contributed by atoms with E-state index in [-0.39, 0.29) is 11.9 Å². The lowest BCUT2D eigenvalue weighted by Gasteiger charge is -2.16. The molecule has 1 atom stereocenters. The molecule has 1 aromatic heterocycles. The van der Waals surface area contributed by atoms with E-state index in [2.05, 4.69) is 10.3 Å². The molecule has 0 aliphatic rings. The molecule has 2 aromatic rings. The van der Waals surface area contributed by atoms with Crippen LogP contribution in [0.2, 0.25) is 0 Å². The summed E-state index contributed by atoms with van der Waals surface area (Å²) in [5.74, 6) is -0.210. The van der Waals surface area contributed by atoms with Gasteiger partial charge < -0.3 is 5.32 Å². The van der Waals surface area contributed by atoms with Crippen LogP contribution in [0.4, 0.5) is 10.1 Å². The van der Waals surface area contributed by atoms with Crippen LogP contribution < -0.4 is 5.32 Å². The molecule has 1 N–H and O–H groups in total. The van der Waals surface area contributed by atoms with E-state index in [1.165, 1.54) is 12.1 Å². The highest BCUT2D eigenvalue weighted by atomic mass is 19.1. The molecule has 88 valence electrons. The molecule has 0 fully saturated rings. The second-order valence-corrected chi connectivity index (χ2v) is 4.11. The lowest BCUT2D eigenvalue weighted by Crippen LogP contribution is -2.07. The highest BCUT2D eigenvalue weighted by molar-refractivity contribution is 5.49. The largest absolute Gasteiger partial charge is 0.377 e. The van der Waals surface area contributed by atoms with Crippen molar-refractivity contribution in [2.75, 3.05) is 5.32 Å². The Bertz CT molecular complexity index is 494. The zero-order valence-corrected chi connectivity index (χ0v) is 9.94. The summed E-state index contributed by atoms with van der Waals surface area (Å²) in [6.45, 7) is 4.07. The van der Waals surface area contributed by atoms with Gasteiger partial charge in [-0.3, -0.25) is 4.98 Å². The van der Waals surface area contributed by atoms with Gasteiger partial charge in [-0.05, 0) is 43.2 Å². The zero-order chi connectivity index (χ0) is 12.3. The molecule has 1 heterocycles. The van der Waals surface area contributed by atoms with Crippen LogP contribution in [0.5, 0.6) is 0 Å². The average Bonchev–Trinajstić information content (AvgIpc) is 2.33. The fraction of sp³-hybridized carbons (Fsp3) is 0.214. The number of aryl methyl sites for hydroxylation is 1. The Balaban J connectivity index is 2.14. The number of hydrogen-bond donors (Lipinski definition) is 1. The second kappa shape index (κ2) is 4.95. The van der Waals surface area contributed by atoms with Crippen LogP contribution >= 0.6 is 0 Å². The predicted molar refractivity (Wildman–Crippen MR) is 67.4 cm³/mol. The van der Waals surface area contributed by atoms with Crippen LogP contribution in [0.3, 0.4) is 0 Å². The molecule has 2 rings (SSSR count). The summed E-state index contributed by atoms with van der Waals surface area (Å²) >= 11 is 0. The van der Waals surface area contributed by atoms with E-state index in [0.717, 1.165) is 16.8 Å². The van der Waals surface area contributed by atoms with Crippen molar-refractivity contribution in [3.8, 4) is 0 Å². The van der Waals surface area contributed by atoms with Crippen LogP contribution in [0, 0.1) is 12.7 Å². The minimum absolute atomic E-state index is 0.124. The minimum atomic E-state index is -0.210. The Labute approximate surface area is 101 Å². The molecular formula is C14H15FN2. The van der Waals surface area contributed by atoms with Gasteiger partial charge in [0.15, 0.2) is 0 Å². The van der Waals surface area contributed by atoms with Gasteiger partial charge in [0.25, 0.3) is 0 Å². The lowest BCUT2D eigenvalue weighted by atomic mass is 10.1. The number of benzene rings is 1. The third-order valence-electron chi connectivity index (χ3n) is 2.78. The highest BCUT2D eigenvalue weighted by Crippen LogP contribution is 2.21. The van der Waals surface area contributed by atoms with Gasteiger partial charge in [-0.25, -0.2) is 4.39 Å². The predicted octanol–water partition coefficient (Wildman–Crippen LogP) is 3.70. The summed E-state index contributed by atoms with van der Waals surface area (Å²) in [5.41, 5.74) is 3.20. The third kappa shape index (κ3) is 2.81. The first kappa shape index (κ1) is 11.6. The van der Waals surface area contributed by atoms with E-state index < -0.39 is 0 Å². The summed E-state index contributed by atoms with van der Waals surface area (Å²) in [6, 6.07) is 8.61. The molecule has 0 amide bonds. The van der Waals surface area contributed by atoms with Gasteiger partial charge in [0.2, 0.25) is 0 Å². The quantitative estimate of drug-likeness (QED) is 0.869. The Morgan fingerprint density at radius 2 is 1.88 bits per heavy atom. The fourth-order valence-electron chi connectivity index (χ4n) is 1.68. The highest BCUT2D eigenvalue weighted by Gasteiger charge is 2.06. The number of nitrogens with zero attached hydrogens (tertiary/aromatic N) is 1. The number of nitrogens with one attached hydrogen (secondary N) is 1. The van der Waals surface area contributed by atoms with Gasteiger partial charge in [0.05, 0.1) is 11.9 Å². The van der Waals surface area contributed by atoms with Crippen molar-refractivity contribution in [2.24, 2.45) is 0 Å². The van der Waals surface area contributed by atoms with Gasteiger partial charge in [-0.15, -0.1) is 0 Å². The Morgan fingerprint density at radius 3 is 2.53 bits per heavy atom. The normalized spacial score (nSPS) is 12.2. The summed E-state index contributed by atoms with van der Waals surface area (Å²) in [4.78, 5) is 4.08. The zero-order valence-electron chi connectivity index (χ0n) is 9.94. The standard InChI is InChI=1S/C14H15FN2/c1-10-7-8-16-9-14(10)17-11(2)12-3-5-13(15)6-4-12/h3-9,11,17H,1-2H3. The van der Waals surface area contributed by atoms with Crippen molar-refractivity contribution in [3.05, 3.63) is 59.7 Å². The molecule has 17 heavy (non-hydrogen) atoms. The molecule has 0 radical (unpaired) electrons. The van der Waals surface area contributed by atoms with Crippen LogP contribution in [0.25, 0.3) is 0 Å². The summed E-state index contributed by atoms with van der Waals surface area (Å²) in [5, 5.41) is 3.36. The molecular weight excluding hydrogens is 215 g/mol. The first-order chi connectivity index (χ1) is 8.16. The maximum atomic E-state index is 12.8. The van der Waals surface area contributed by atoms with Gasteiger partial charge in [-0.2, -0.15) is 0 Å². The van der Waals surface area contributed by atoms with E-state index in [1.54, 1.807) is 24.5 Å². The Kier molecular flexibility index (Phi) is 3.38. The van der Waals surface area contributed by atoms with Gasteiger partial charge in [0, 0.05) is 12.2 Å². The summed E-state index contributed by atoms with van der Waals surface area (Å²) in [6.07, 6.45) is 3.57. The molecule has 1 unspecified atom stereocenters. The average molecular weight is 230 g/mol. The molecule has 0 spiro atoms. The van der Waals surface area contributed by atoms with Crippen LogP contribution in [0.15, 0.2) is 42.7 Å². The van der Waals surface area contributed by atoms with Gasteiger partial charge in [0.1, 0.15) is 5.82 Å². The molecule has 3 heteroatoms. The number of pyridine rings is 1. The van der Waals surface area contributed by atoms with Crippen molar-refractivity contribution < 1.29 is 4.39 Å². The number of rotatable bonds is 3. The Hall–Kier alpha value is -1.90. The van der Waals surface area contributed by atoms with E-state index in [1.807, 2.05) is 19.9 Å². The monoisotopic (exact) mass is 230 g/mol. The topological polar surface area (TPSA) is 24.9 Å². The minimum Gasteiger partial charge on any atom is -0.377 e. The van der Waals surface area contributed by atoms with Crippen molar-refractivity contribution in [2.45, 2.75) is 19.9 Å². The third-order valence-corrected chi connectivity index (χ3v) is 2.78. The Morgan fingerprint density at radius 1 is 1.18 bits per heavy atom. The SMILES string of the molecule is Cc1ccncc1NC(C)c1ccc(F)cc1. The molecule has 0 saturated heterocycles. The molecule has 1 aromatic carbocycles. The van der Waals surface area contributed by atoms with Crippen LogP contribution in [0.1, 0.15) is 24.1 Å². The number of aromatic nitrogens is 1. The fourth-order valence-corrected chi connectivity index (χ4v) is 1.68. The number of halogens is 1. The summed E-state index contributed by atoms with van der Waals surface area (Å²) in [7, 11) is 0. The first-order valence-electron chi connectivity index (χ1n) is 5.59. The second-order valence-electron chi connectivity index (χ2n) is 4.11. The van der Waals surface area contributed by atoms with E-state index in [0.29, 0.717) is 0 Å². The van der Waals surface area contributed by atoms with E-state index >= 15 is 0 Å².